The molecule has 35 heavy (non-hydrogen) atoms. The average Bonchev–Trinajstić information content (AvgIpc) is 3.13. The lowest BCUT2D eigenvalue weighted by atomic mass is 9.94. The van der Waals surface area contributed by atoms with Crippen molar-refractivity contribution in [1.29, 1.82) is 0 Å². The molecule has 0 aliphatic carbocycles. The standard InChI is InChI=1S/C26H23ClN2O6/c1-33-19-9-5-4-8-16(19)23-22(24(30)17-11-18(27)21(35-3)12-20(17)34-2)25(31)26(32)29(23)14-15-7-6-10-28-13-15/h4-13,23,30H,14H2,1-3H3/b24-22+. The number of hydrogen-bond donors (Lipinski definition) is 1. The number of carbonyl (C=O) groups excluding carboxylic acids is 2. The molecule has 1 aromatic heterocycles. The van der Waals surface area contributed by atoms with Gasteiger partial charge in [0.1, 0.15) is 23.0 Å². The number of Topliss-reactive ketones (excluding diaryl/α,β-unsaturated/α-hetero) is 1. The molecule has 2 aromatic carbocycles. The summed E-state index contributed by atoms with van der Waals surface area (Å²) in [5, 5.41) is 11.6. The zero-order valence-electron chi connectivity index (χ0n) is 19.3. The van der Waals surface area contributed by atoms with Crippen LogP contribution in [0.25, 0.3) is 5.76 Å². The number of ketones is 1. The number of para-hydroxylation sites is 1. The van der Waals surface area contributed by atoms with E-state index < -0.39 is 23.5 Å². The topological polar surface area (TPSA) is 98.2 Å². The molecule has 0 bridgehead atoms. The Morgan fingerprint density at radius 2 is 1.71 bits per heavy atom. The Hall–Kier alpha value is -4.04. The highest BCUT2D eigenvalue weighted by molar-refractivity contribution is 6.46. The normalized spacial score (nSPS) is 16.9. The first kappa shape index (κ1) is 24.1. The van der Waals surface area contributed by atoms with Crippen molar-refractivity contribution in [2.24, 2.45) is 0 Å². The third-order valence-corrected chi connectivity index (χ3v) is 6.07. The van der Waals surface area contributed by atoms with Crippen molar-refractivity contribution < 1.29 is 28.9 Å². The number of amides is 1. The van der Waals surface area contributed by atoms with Crippen molar-refractivity contribution in [2.45, 2.75) is 12.6 Å². The van der Waals surface area contributed by atoms with Crippen LogP contribution in [0.15, 0.2) is 66.5 Å². The van der Waals surface area contributed by atoms with Gasteiger partial charge in [-0.3, -0.25) is 14.6 Å². The molecular weight excluding hydrogens is 472 g/mol. The van der Waals surface area contributed by atoms with Crippen LogP contribution >= 0.6 is 11.6 Å². The van der Waals surface area contributed by atoms with Crippen molar-refractivity contribution in [3.8, 4) is 17.2 Å². The minimum Gasteiger partial charge on any atom is -0.507 e. The molecule has 0 spiro atoms. The number of aliphatic hydroxyl groups excluding tert-OH is 1. The van der Waals surface area contributed by atoms with Crippen LogP contribution in [0.3, 0.4) is 0 Å². The van der Waals surface area contributed by atoms with Crippen molar-refractivity contribution in [1.82, 2.24) is 9.88 Å². The number of rotatable bonds is 7. The number of methoxy groups -OCH3 is 3. The molecule has 1 saturated heterocycles. The number of pyridine rings is 1. The Balaban J connectivity index is 1.95. The average molecular weight is 495 g/mol. The maximum absolute atomic E-state index is 13.3. The van der Waals surface area contributed by atoms with Crippen molar-refractivity contribution in [3.05, 3.63) is 88.2 Å². The molecule has 1 unspecified atom stereocenters. The van der Waals surface area contributed by atoms with Crippen LogP contribution in [-0.2, 0) is 16.1 Å². The molecule has 1 N–H and O–H groups in total. The van der Waals surface area contributed by atoms with Crippen LogP contribution in [-0.4, -0.2) is 48.0 Å². The number of halogens is 1. The van der Waals surface area contributed by atoms with E-state index >= 15 is 0 Å². The number of hydrogen-bond acceptors (Lipinski definition) is 7. The summed E-state index contributed by atoms with van der Waals surface area (Å²) in [4.78, 5) is 32.1. The lowest BCUT2D eigenvalue weighted by molar-refractivity contribution is -0.140. The van der Waals surface area contributed by atoms with Gasteiger partial charge < -0.3 is 24.2 Å². The molecule has 1 fully saturated rings. The van der Waals surface area contributed by atoms with E-state index in [2.05, 4.69) is 4.98 Å². The minimum absolute atomic E-state index is 0.0956. The summed E-state index contributed by atoms with van der Waals surface area (Å²) in [6, 6.07) is 12.6. The lowest BCUT2D eigenvalue weighted by Crippen LogP contribution is -2.29. The Morgan fingerprint density at radius 3 is 2.37 bits per heavy atom. The molecule has 0 saturated carbocycles. The van der Waals surface area contributed by atoms with E-state index in [0.717, 1.165) is 5.56 Å². The van der Waals surface area contributed by atoms with Gasteiger partial charge in [-0.2, -0.15) is 0 Å². The maximum atomic E-state index is 13.3. The van der Waals surface area contributed by atoms with E-state index in [1.807, 2.05) is 0 Å². The Kier molecular flexibility index (Phi) is 6.93. The number of ether oxygens (including phenoxy) is 3. The zero-order chi connectivity index (χ0) is 25.1. The van der Waals surface area contributed by atoms with Gasteiger partial charge in [-0.25, -0.2) is 0 Å². The minimum atomic E-state index is -0.933. The lowest BCUT2D eigenvalue weighted by Gasteiger charge is -2.26. The van der Waals surface area contributed by atoms with Gasteiger partial charge in [-0.15, -0.1) is 0 Å². The first-order valence-electron chi connectivity index (χ1n) is 10.6. The summed E-state index contributed by atoms with van der Waals surface area (Å²) in [5.41, 5.74) is 1.30. The molecular formula is C26H23ClN2O6. The van der Waals surface area contributed by atoms with Gasteiger partial charge in [0.15, 0.2) is 0 Å². The highest BCUT2D eigenvalue weighted by Crippen LogP contribution is 2.45. The van der Waals surface area contributed by atoms with Gasteiger partial charge in [0.05, 0.1) is 43.5 Å². The predicted molar refractivity (Wildman–Crippen MR) is 130 cm³/mol. The zero-order valence-corrected chi connectivity index (χ0v) is 20.1. The molecule has 4 rings (SSSR count). The molecule has 2 heterocycles. The first-order chi connectivity index (χ1) is 16.9. The summed E-state index contributed by atoms with van der Waals surface area (Å²) >= 11 is 6.31. The van der Waals surface area contributed by atoms with Crippen LogP contribution in [0.1, 0.15) is 22.7 Å². The van der Waals surface area contributed by atoms with E-state index in [-0.39, 0.29) is 28.5 Å². The van der Waals surface area contributed by atoms with Crippen LogP contribution in [0.5, 0.6) is 17.2 Å². The fourth-order valence-electron chi connectivity index (χ4n) is 4.14. The highest BCUT2D eigenvalue weighted by atomic mass is 35.5. The fourth-order valence-corrected chi connectivity index (χ4v) is 4.38. The molecule has 1 aliphatic rings. The summed E-state index contributed by atoms with van der Waals surface area (Å²) in [7, 11) is 4.36. The SMILES string of the molecule is COc1cc(OC)c(/C(O)=C2\C(=O)C(=O)N(Cc3cccnc3)C2c2ccccc2OC)cc1Cl. The van der Waals surface area contributed by atoms with Crippen LogP contribution in [0, 0.1) is 0 Å². The Bertz CT molecular complexity index is 1310. The van der Waals surface area contributed by atoms with Gasteiger partial charge in [-0.1, -0.05) is 35.9 Å². The highest BCUT2D eigenvalue weighted by Gasteiger charge is 2.47. The van der Waals surface area contributed by atoms with E-state index in [0.29, 0.717) is 17.1 Å². The second-order valence-corrected chi connectivity index (χ2v) is 8.12. The Morgan fingerprint density at radius 1 is 1.00 bits per heavy atom. The monoisotopic (exact) mass is 494 g/mol. The third kappa shape index (κ3) is 4.40. The number of nitrogens with zero attached hydrogens (tertiary/aromatic N) is 2. The van der Waals surface area contributed by atoms with Crippen molar-refractivity contribution in [2.75, 3.05) is 21.3 Å². The molecule has 1 aliphatic heterocycles. The smallest absolute Gasteiger partial charge is 0.295 e. The van der Waals surface area contributed by atoms with E-state index in [1.165, 1.54) is 38.4 Å². The summed E-state index contributed by atoms with van der Waals surface area (Å²) in [6.07, 6.45) is 3.24. The number of carbonyl (C=O) groups is 2. The van der Waals surface area contributed by atoms with Gasteiger partial charge >= 0.3 is 0 Å². The third-order valence-electron chi connectivity index (χ3n) is 5.78. The summed E-state index contributed by atoms with van der Waals surface area (Å²) in [6.45, 7) is 0.0956. The van der Waals surface area contributed by atoms with Gasteiger partial charge in [0.25, 0.3) is 11.7 Å². The van der Waals surface area contributed by atoms with Gasteiger partial charge in [0, 0.05) is 30.6 Å². The van der Waals surface area contributed by atoms with E-state index in [4.69, 9.17) is 25.8 Å². The molecule has 1 atom stereocenters. The van der Waals surface area contributed by atoms with Gasteiger partial charge in [0.2, 0.25) is 0 Å². The van der Waals surface area contributed by atoms with E-state index in [1.54, 1.807) is 48.8 Å². The second kappa shape index (κ2) is 10.1. The molecule has 180 valence electrons. The number of likely N-dealkylation sites (tertiary alicyclic amines) is 1. The molecule has 0 radical (unpaired) electrons. The molecule has 9 heteroatoms. The first-order valence-corrected chi connectivity index (χ1v) is 11.0. The quantitative estimate of drug-likeness (QED) is 0.295. The summed E-state index contributed by atoms with van der Waals surface area (Å²) in [5.74, 6) is -1.00. The predicted octanol–water partition coefficient (Wildman–Crippen LogP) is 4.38. The Labute approximate surface area is 207 Å². The van der Waals surface area contributed by atoms with Crippen LogP contribution in [0.4, 0.5) is 0 Å². The van der Waals surface area contributed by atoms with E-state index in [9.17, 15) is 14.7 Å². The fraction of sp³-hybridized carbons (Fsp3) is 0.192. The van der Waals surface area contributed by atoms with Crippen LogP contribution < -0.4 is 14.2 Å². The maximum Gasteiger partial charge on any atom is 0.295 e. The van der Waals surface area contributed by atoms with Gasteiger partial charge in [-0.05, 0) is 23.8 Å². The van der Waals surface area contributed by atoms with Crippen molar-refractivity contribution >= 4 is 29.1 Å². The van der Waals surface area contributed by atoms with Crippen molar-refractivity contribution in [3.63, 3.8) is 0 Å². The number of aliphatic hydroxyl groups is 1. The van der Waals surface area contributed by atoms with Crippen LogP contribution in [0.2, 0.25) is 5.02 Å². The summed E-state index contributed by atoms with van der Waals surface area (Å²) < 4.78 is 16.2. The largest absolute Gasteiger partial charge is 0.507 e. The molecule has 3 aromatic rings. The number of aromatic nitrogens is 1. The second-order valence-electron chi connectivity index (χ2n) is 7.72. The number of benzene rings is 2. The molecule has 1 amide bonds. The molecule has 8 nitrogen and oxygen atoms in total.